The van der Waals surface area contributed by atoms with Gasteiger partial charge < -0.3 is 14.4 Å². The highest BCUT2D eigenvalue weighted by Crippen LogP contribution is 2.08. The van der Waals surface area contributed by atoms with E-state index < -0.39 is 0 Å². The lowest BCUT2D eigenvalue weighted by molar-refractivity contribution is -0.151. The van der Waals surface area contributed by atoms with Crippen molar-refractivity contribution in [2.75, 3.05) is 32.8 Å². The molecule has 0 amide bonds. The fourth-order valence-electron chi connectivity index (χ4n) is 1.92. The van der Waals surface area contributed by atoms with Gasteiger partial charge >= 0.3 is 11.9 Å². The van der Waals surface area contributed by atoms with Gasteiger partial charge in [0.2, 0.25) is 0 Å². The minimum atomic E-state index is -0.273. The fraction of sp³-hybridized carbons (Fsp3) is 0.846. The van der Waals surface area contributed by atoms with Crippen molar-refractivity contribution in [3.8, 4) is 0 Å². The van der Waals surface area contributed by atoms with E-state index >= 15 is 0 Å². The molecule has 0 N–H and O–H groups in total. The summed E-state index contributed by atoms with van der Waals surface area (Å²) in [5.74, 6) is -0.492. The molecule has 0 aliphatic carbocycles. The Labute approximate surface area is 128 Å². The Morgan fingerprint density at radius 3 is 2.42 bits per heavy atom. The quantitative estimate of drug-likeness (QED) is 0.290. The van der Waals surface area contributed by atoms with Gasteiger partial charge in [-0.05, 0) is 32.9 Å². The van der Waals surface area contributed by atoms with Crippen molar-refractivity contribution >= 4 is 34.5 Å². The minimum absolute atomic E-state index is 0.141. The topological polar surface area (TPSA) is 55.8 Å². The fourth-order valence-corrected chi connectivity index (χ4v) is 2.10. The number of alkyl halides is 1. The van der Waals surface area contributed by atoms with Crippen molar-refractivity contribution in [1.82, 2.24) is 4.90 Å². The second kappa shape index (κ2) is 9.52. The summed E-state index contributed by atoms with van der Waals surface area (Å²) in [5, 5.41) is 0. The molecule has 5 nitrogen and oxygen atoms in total. The summed E-state index contributed by atoms with van der Waals surface area (Å²) in [5.41, 5.74) is 0. The lowest BCUT2D eigenvalue weighted by Crippen LogP contribution is -2.32. The second-order valence-corrected chi connectivity index (χ2v) is 6.52. The maximum atomic E-state index is 11.5. The predicted molar refractivity (Wildman–Crippen MR) is 80.3 cm³/mol. The van der Waals surface area contributed by atoms with Gasteiger partial charge in [-0.1, -0.05) is 29.0 Å². The molecule has 1 fully saturated rings. The van der Waals surface area contributed by atoms with Crippen molar-refractivity contribution in [1.29, 1.82) is 0 Å². The van der Waals surface area contributed by atoms with Crippen LogP contribution < -0.4 is 0 Å². The van der Waals surface area contributed by atoms with Gasteiger partial charge in [0.15, 0.2) is 0 Å². The Balaban J connectivity index is 2.00. The van der Waals surface area contributed by atoms with Crippen LogP contribution in [0.15, 0.2) is 0 Å². The van der Waals surface area contributed by atoms with Gasteiger partial charge in [0.1, 0.15) is 17.1 Å². The van der Waals surface area contributed by atoms with Gasteiger partial charge in [0, 0.05) is 6.54 Å². The van der Waals surface area contributed by atoms with Crippen LogP contribution in [0, 0.1) is 0 Å². The standard InChI is InChI=1S/C13H22INO4/c1-11(14)13(17)19-10-9-18-12(16)5-8-15-6-3-2-4-7-15/h11H,2-10H2,1H3. The van der Waals surface area contributed by atoms with Gasteiger partial charge in [-0.2, -0.15) is 0 Å². The summed E-state index contributed by atoms with van der Waals surface area (Å²) >= 11 is 1.98. The number of rotatable bonds is 7. The van der Waals surface area contributed by atoms with Gasteiger partial charge in [-0.3, -0.25) is 9.59 Å². The number of carbonyl (C=O) groups is 2. The molecule has 1 aliphatic heterocycles. The number of ether oxygens (including phenoxy) is 2. The molecule has 0 bridgehead atoms. The normalized spacial score (nSPS) is 17.8. The van der Waals surface area contributed by atoms with Gasteiger partial charge in [0.05, 0.1) is 6.42 Å². The summed E-state index contributed by atoms with van der Waals surface area (Å²) in [6, 6.07) is 0. The van der Waals surface area contributed by atoms with Crippen LogP contribution in [0.5, 0.6) is 0 Å². The highest BCUT2D eigenvalue weighted by Gasteiger charge is 2.13. The Morgan fingerprint density at radius 1 is 1.16 bits per heavy atom. The number of halogens is 1. The molecule has 0 saturated carbocycles. The monoisotopic (exact) mass is 383 g/mol. The number of carbonyl (C=O) groups excluding carboxylic acids is 2. The van der Waals surface area contributed by atoms with E-state index in [-0.39, 0.29) is 29.1 Å². The maximum absolute atomic E-state index is 11.5. The molecular formula is C13H22INO4. The molecule has 19 heavy (non-hydrogen) atoms. The Kier molecular flexibility index (Phi) is 8.36. The molecule has 0 radical (unpaired) electrons. The highest BCUT2D eigenvalue weighted by molar-refractivity contribution is 14.1. The van der Waals surface area contributed by atoms with Gasteiger partial charge in [0.25, 0.3) is 0 Å². The van der Waals surface area contributed by atoms with Crippen LogP contribution in [-0.4, -0.2) is 53.6 Å². The van der Waals surface area contributed by atoms with Gasteiger partial charge in [-0.15, -0.1) is 0 Å². The summed E-state index contributed by atoms with van der Waals surface area (Å²) in [4.78, 5) is 24.9. The number of nitrogens with zero attached hydrogens (tertiary/aromatic N) is 1. The third-order valence-corrected chi connectivity index (χ3v) is 3.50. The second-order valence-electron chi connectivity index (χ2n) is 4.66. The molecule has 1 saturated heterocycles. The van der Waals surface area contributed by atoms with Crippen LogP contribution in [0.4, 0.5) is 0 Å². The molecule has 1 rings (SSSR count). The summed E-state index contributed by atoms with van der Waals surface area (Å²) in [7, 11) is 0. The highest BCUT2D eigenvalue weighted by atomic mass is 127. The Hall–Kier alpha value is -0.370. The number of hydrogen-bond donors (Lipinski definition) is 0. The number of hydrogen-bond acceptors (Lipinski definition) is 5. The Morgan fingerprint density at radius 2 is 1.79 bits per heavy atom. The maximum Gasteiger partial charge on any atom is 0.318 e. The van der Waals surface area contributed by atoms with E-state index in [1.807, 2.05) is 22.6 Å². The summed E-state index contributed by atoms with van der Waals surface area (Å²) in [6.07, 6.45) is 4.15. The van der Waals surface area contributed by atoms with Crippen molar-refractivity contribution in [3.63, 3.8) is 0 Å². The van der Waals surface area contributed by atoms with Crippen LogP contribution in [0.3, 0.4) is 0 Å². The van der Waals surface area contributed by atoms with E-state index in [0.29, 0.717) is 6.42 Å². The van der Waals surface area contributed by atoms with Gasteiger partial charge in [-0.25, -0.2) is 0 Å². The average molecular weight is 383 g/mol. The molecule has 1 heterocycles. The van der Waals surface area contributed by atoms with Crippen molar-refractivity contribution in [3.05, 3.63) is 0 Å². The number of likely N-dealkylation sites (tertiary alicyclic amines) is 1. The third kappa shape index (κ3) is 7.71. The lowest BCUT2D eigenvalue weighted by atomic mass is 10.1. The van der Waals surface area contributed by atoms with E-state index in [2.05, 4.69) is 4.90 Å². The molecular weight excluding hydrogens is 361 g/mol. The van der Waals surface area contributed by atoms with Crippen LogP contribution in [0.25, 0.3) is 0 Å². The first-order chi connectivity index (χ1) is 9.09. The molecule has 6 heteroatoms. The first kappa shape index (κ1) is 16.7. The van der Waals surface area contributed by atoms with Crippen LogP contribution >= 0.6 is 22.6 Å². The molecule has 110 valence electrons. The number of esters is 2. The molecule has 1 aliphatic rings. The molecule has 0 aromatic rings. The summed E-state index contributed by atoms with van der Waals surface area (Å²) in [6.45, 7) is 4.98. The zero-order chi connectivity index (χ0) is 14.1. The molecule has 1 atom stereocenters. The largest absolute Gasteiger partial charge is 0.462 e. The van der Waals surface area contributed by atoms with Crippen molar-refractivity contribution < 1.29 is 19.1 Å². The first-order valence-corrected chi connectivity index (χ1v) is 8.03. The van der Waals surface area contributed by atoms with E-state index in [1.54, 1.807) is 6.92 Å². The molecule has 1 unspecified atom stereocenters. The minimum Gasteiger partial charge on any atom is -0.462 e. The summed E-state index contributed by atoms with van der Waals surface area (Å²) < 4.78 is 9.76. The zero-order valence-corrected chi connectivity index (χ0v) is 13.6. The van der Waals surface area contributed by atoms with Crippen LogP contribution in [0.1, 0.15) is 32.6 Å². The van der Waals surface area contributed by atoms with E-state index in [4.69, 9.17) is 9.47 Å². The number of piperidine rings is 1. The van der Waals surface area contributed by atoms with Crippen LogP contribution in [0.2, 0.25) is 0 Å². The third-order valence-electron chi connectivity index (χ3n) is 3.00. The Bertz CT molecular complexity index is 290. The molecule has 0 spiro atoms. The SMILES string of the molecule is CC(I)C(=O)OCCOC(=O)CCN1CCCCC1. The van der Waals surface area contributed by atoms with E-state index in [0.717, 1.165) is 19.6 Å². The first-order valence-electron chi connectivity index (χ1n) is 6.78. The van der Waals surface area contributed by atoms with Crippen molar-refractivity contribution in [2.45, 2.75) is 36.5 Å². The average Bonchev–Trinajstić information content (AvgIpc) is 2.42. The lowest BCUT2D eigenvalue weighted by Gasteiger charge is -2.25. The zero-order valence-electron chi connectivity index (χ0n) is 11.4. The molecule has 0 aromatic carbocycles. The van der Waals surface area contributed by atoms with Crippen LogP contribution in [-0.2, 0) is 19.1 Å². The van der Waals surface area contributed by atoms with E-state index in [9.17, 15) is 9.59 Å². The molecule has 0 aromatic heterocycles. The van der Waals surface area contributed by atoms with E-state index in [1.165, 1.54) is 19.3 Å². The smallest absolute Gasteiger partial charge is 0.318 e. The predicted octanol–water partition coefficient (Wildman–Crippen LogP) is 1.77. The van der Waals surface area contributed by atoms with Crippen molar-refractivity contribution in [2.24, 2.45) is 0 Å².